The lowest BCUT2D eigenvalue weighted by Crippen LogP contribution is -2.56. The number of anilines is 1. The van der Waals surface area contributed by atoms with E-state index in [4.69, 9.17) is 4.74 Å². The smallest absolute Gasteiger partial charge is 0.264 e. The lowest BCUT2D eigenvalue weighted by Gasteiger charge is -2.35. The molecule has 248 valence electrons. The number of sulfonamides is 1. The third kappa shape index (κ3) is 8.98. The molecule has 0 heterocycles. The third-order valence-corrected chi connectivity index (χ3v) is 9.33. The molecule has 0 fully saturated rings. The summed E-state index contributed by atoms with van der Waals surface area (Å²) in [7, 11) is -2.91. The number of ether oxygens (including phenoxy) is 1. The first-order valence-electron chi connectivity index (χ1n) is 15.3. The number of methoxy groups -OCH3 is 1. The second-order valence-electron chi connectivity index (χ2n) is 12.6. The predicted molar refractivity (Wildman–Crippen MR) is 182 cm³/mol. The van der Waals surface area contributed by atoms with Crippen LogP contribution in [0.1, 0.15) is 43.0 Å². The molecule has 0 aliphatic rings. The minimum Gasteiger partial charge on any atom is -0.495 e. The number of hydrogen-bond donors (Lipinski definition) is 1. The van der Waals surface area contributed by atoms with E-state index in [1.165, 1.54) is 30.2 Å². The summed E-state index contributed by atoms with van der Waals surface area (Å²) in [4.78, 5) is 29.9. The zero-order chi connectivity index (χ0) is 34.4. The van der Waals surface area contributed by atoms with E-state index >= 15 is 4.39 Å². The van der Waals surface area contributed by atoms with Gasteiger partial charge in [-0.3, -0.25) is 13.9 Å². The highest BCUT2D eigenvalue weighted by Gasteiger charge is 2.36. The molecule has 0 saturated carbocycles. The van der Waals surface area contributed by atoms with E-state index in [-0.39, 0.29) is 34.9 Å². The molecule has 0 radical (unpaired) electrons. The van der Waals surface area contributed by atoms with Crippen LogP contribution in [0.15, 0.2) is 102 Å². The summed E-state index contributed by atoms with van der Waals surface area (Å²) in [6, 6.07) is 25.5. The lowest BCUT2D eigenvalue weighted by molar-refractivity contribution is -0.140. The number of carbonyl (C=O) groups excluding carboxylic acids is 2. The Balaban J connectivity index is 1.88. The molecule has 1 N–H and O–H groups in total. The number of carbonyl (C=O) groups is 2. The highest BCUT2D eigenvalue weighted by atomic mass is 32.2. The summed E-state index contributed by atoms with van der Waals surface area (Å²) in [6.45, 7) is 8.17. The Labute approximate surface area is 277 Å². The molecule has 4 aromatic rings. The normalized spacial score (nSPS) is 12.2. The highest BCUT2D eigenvalue weighted by Crippen LogP contribution is 2.34. The summed E-state index contributed by atoms with van der Waals surface area (Å²) >= 11 is 0. The number of rotatable bonds is 12. The quantitative estimate of drug-likeness (QED) is 0.195. The molecule has 0 aliphatic heterocycles. The zero-order valence-electron chi connectivity index (χ0n) is 27.7. The van der Waals surface area contributed by atoms with Gasteiger partial charge in [-0.15, -0.1) is 0 Å². The molecule has 0 saturated heterocycles. The molecular formula is C37H42FN3O5S. The number of halogens is 1. The van der Waals surface area contributed by atoms with Crippen molar-refractivity contribution in [1.29, 1.82) is 0 Å². The van der Waals surface area contributed by atoms with Crippen LogP contribution in [0.3, 0.4) is 0 Å². The van der Waals surface area contributed by atoms with Gasteiger partial charge in [0.1, 0.15) is 24.2 Å². The van der Waals surface area contributed by atoms with Crippen molar-refractivity contribution in [3.63, 3.8) is 0 Å². The molecule has 8 nitrogen and oxygen atoms in total. The predicted octanol–water partition coefficient (Wildman–Crippen LogP) is 6.20. The monoisotopic (exact) mass is 659 g/mol. The number of benzene rings is 4. The van der Waals surface area contributed by atoms with Gasteiger partial charge in [0, 0.05) is 24.1 Å². The molecule has 10 heteroatoms. The van der Waals surface area contributed by atoms with E-state index in [9.17, 15) is 18.0 Å². The van der Waals surface area contributed by atoms with E-state index in [0.29, 0.717) is 0 Å². The topological polar surface area (TPSA) is 96.0 Å². The molecule has 0 bridgehead atoms. The van der Waals surface area contributed by atoms with Crippen LogP contribution in [0, 0.1) is 19.7 Å². The van der Waals surface area contributed by atoms with Crippen molar-refractivity contribution >= 4 is 27.5 Å². The van der Waals surface area contributed by atoms with E-state index < -0.39 is 45.8 Å². The maximum atomic E-state index is 15.1. The molecule has 2 amide bonds. The van der Waals surface area contributed by atoms with Crippen LogP contribution in [0.25, 0.3) is 0 Å². The van der Waals surface area contributed by atoms with E-state index in [2.05, 4.69) is 5.32 Å². The maximum Gasteiger partial charge on any atom is 0.264 e. The Morgan fingerprint density at radius 3 is 2.11 bits per heavy atom. The minimum atomic E-state index is -4.33. The van der Waals surface area contributed by atoms with Gasteiger partial charge >= 0.3 is 0 Å². The van der Waals surface area contributed by atoms with E-state index in [0.717, 1.165) is 21.0 Å². The van der Waals surface area contributed by atoms with Crippen molar-refractivity contribution in [1.82, 2.24) is 10.2 Å². The Morgan fingerprint density at radius 2 is 1.49 bits per heavy atom. The van der Waals surface area contributed by atoms with Gasteiger partial charge in [-0.1, -0.05) is 72.3 Å². The average molecular weight is 660 g/mol. The fourth-order valence-electron chi connectivity index (χ4n) is 5.16. The third-order valence-electron chi connectivity index (χ3n) is 7.56. The molecule has 0 unspecified atom stereocenters. The molecule has 4 aromatic carbocycles. The first-order valence-corrected chi connectivity index (χ1v) is 16.8. The van der Waals surface area contributed by atoms with Crippen molar-refractivity contribution in [3.05, 3.63) is 125 Å². The SMILES string of the molecule is COc1ccc(C)cc1N(CC(=O)N(Cc1ccccc1F)[C@@H](Cc1ccccc1)C(=O)NC(C)(C)C)S(=O)(=O)c1ccc(C)cc1. The van der Waals surface area contributed by atoms with Crippen molar-refractivity contribution in [2.24, 2.45) is 0 Å². The van der Waals surface area contributed by atoms with Crippen LogP contribution in [-0.2, 0) is 32.6 Å². The summed E-state index contributed by atoms with van der Waals surface area (Å²) in [5.41, 5.74) is 2.08. The molecule has 47 heavy (non-hydrogen) atoms. The standard InChI is InChI=1S/C37H42FN3O5S/c1-26-16-19-30(20-17-26)47(44,45)41(32-22-27(2)18-21-34(32)46-6)25-35(42)40(24-29-14-10-11-15-31(29)38)33(36(43)39-37(3,4)5)23-28-12-8-7-9-13-28/h7-22,33H,23-25H2,1-6H3,(H,39,43)/t33-/m0/s1. The zero-order valence-corrected chi connectivity index (χ0v) is 28.5. The van der Waals surface area contributed by atoms with Gasteiger partial charge in [0.25, 0.3) is 10.0 Å². The summed E-state index contributed by atoms with van der Waals surface area (Å²) in [5.74, 6) is -1.46. The van der Waals surface area contributed by atoms with Gasteiger partial charge in [-0.25, -0.2) is 12.8 Å². The number of nitrogens with one attached hydrogen (secondary N) is 1. The second-order valence-corrected chi connectivity index (χ2v) is 14.4. The summed E-state index contributed by atoms with van der Waals surface area (Å²) < 4.78 is 50.4. The van der Waals surface area contributed by atoms with Gasteiger partial charge in [0.2, 0.25) is 11.8 Å². The Bertz CT molecular complexity index is 1810. The lowest BCUT2D eigenvalue weighted by atomic mass is 10.0. The van der Waals surface area contributed by atoms with Crippen molar-refractivity contribution in [2.75, 3.05) is 18.0 Å². The van der Waals surface area contributed by atoms with E-state index in [1.54, 1.807) is 55.5 Å². The minimum absolute atomic E-state index is 0.0218. The molecule has 0 aliphatic carbocycles. The van der Waals surface area contributed by atoms with Crippen LogP contribution >= 0.6 is 0 Å². The van der Waals surface area contributed by atoms with Crippen LogP contribution in [-0.4, -0.2) is 50.4 Å². The summed E-state index contributed by atoms with van der Waals surface area (Å²) in [5, 5.41) is 2.97. The van der Waals surface area contributed by atoms with Gasteiger partial charge < -0.3 is 15.0 Å². The Hall–Kier alpha value is -4.70. The summed E-state index contributed by atoms with van der Waals surface area (Å²) in [6.07, 6.45) is 0.113. The van der Waals surface area contributed by atoms with E-state index in [1.807, 2.05) is 58.0 Å². The number of amides is 2. The van der Waals surface area contributed by atoms with Crippen molar-refractivity contribution in [3.8, 4) is 5.75 Å². The van der Waals surface area contributed by atoms with Crippen LogP contribution in [0.5, 0.6) is 5.75 Å². The first kappa shape index (κ1) is 35.2. The Kier molecular flexibility index (Phi) is 11.1. The van der Waals surface area contributed by atoms with Gasteiger partial charge in [0.15, 0.2) is 0 Å². The van der Waals surface area contributed by atoms with Gasteiger partial charge in [-0.2, -0.15) is 0 Å². The number of aryl methyl sites for hydroxylation is 2. The maximum absolute atomic E-state index is 15.1. The second kappa shape index (κ2) is 14.8. The first-order chi connectivity index (χ1) is 22.2. The average Bonchev–Trinajstić information content (AvgIpc) is 3.02. The van der Waals surface area contributed by atoms with Crippen LogP contribution in [0.4, 0.5) is 10.1 Å². The molecule has 4 rings (SSSR count). The Morgan fingerprint density at radius 1 is 0.872 bits per heavy atom. The van der Waals surface area contributed by atoms with Gasteiger partial charge in [0.05, 0.1) is 17.7 Å². The fraction of sp³-hybridized carbons (Fsp3) is 0.297. The van der Waals surface area contributed by atoms with Crippen molar-refractivity contribution in [2.45, 2.75) is 64.1 Å². The molecule has 0 spiro atoms. The highest BCUT2D eigenvalue weighted by molar-refractivity contribution is 7.92. The fourth-order valence-corrected chi connectivity index (χ4v) is 6.58. The van der Waals surface area contributed by atoms with Crippen LogP contribution < -0.4 is 14.4 Å². The van der Waals surface area contributed by atoms with Crippen LogP contribution in [0.2, 0.25) is 0 Å². The number of hydrogen-bond acceptors (Lipinski definition) is 5. The van der Waals surface area contributed by atoms with Crippen molar-refractivity contribution < 1.29 is 27.1 Å². The molecular weight excluding hydrogens is 617 g/mol. The largest absolute Gasteiger partial charge is 0.495 e. The molecule has 0 aromatic heterocycles. The van der Waals surface area contributed by atoms with Gasteiger partial charge in [-0.05, 0) is 76.1 Å². The molecule has 1 atom stereocenters. The number of nitrogens with zero attached hydrogens (tertiary/aromatic N) is 2.